The van der Waals surface area contributed by atoms with E-state index in [1.165, 1.54) is 0 Å². The number of para-hydroxylation sites is 1. The van der Waals surface area contributed by atoms with Crippen molar-refractivity contribution in [3.05, 3.63) is 36.0 Å². The number of carboxylic acid groups (broad SMARTS) is 3. The molecule has 1 aromatic heterocycles. The lowest BCUT2D eigenvalue weighted by Gasteiger charge is -2.27. The molecule has 24 heteroatoms. The van der Waals surface area contributed by atoms with Crippen LogP contribution < -0.4 is 43.4 Å². The van der Waals surface area contributed by atoms with Gasteiger partial charge in [0.25, 0.3) is 0 Å². The summed E-state index contributed by atoms with van der Waals surface area (Å²) in [6.45, 7) is -0.742. The Balaban J connectivity index is 2.39. The summed E-state index contributed by atoms with van der Waals surface area (Å²) in [7, 11) is 0. The Kier molecular flexibility index (Phi) is 21.2. The molecule has 2 aromatic rings. The van der Waals surface area contributed by atoms with E-state index in [1.807, 2.05) is 0 Å². The van der Waals surface area contributed by atoms with Crippen LogP contribution in [0.2, 0.25) is 0 Å². The Morgan fingerprint density at radius 1 is 0.644 bits per heavy atom. The third-order valence-corrected chi connectivity index (χ3v) is 9.49. The van der Waals surface area contributed by atoms with Gasteiger partial charge in [0.05, 0.1) is 19.1 Å². The fraction of sp³-hybridized carbons (Fsp3) is 0.514. The summed E-state index contributed by atoms with van der Waals surface area (Å²) in [5.74, 6) is -10.9. The monoisotopic (exact) mass is 869 g/mol. The number of rotatable bonds is 27. The Labute approximate surface area is 348 Å². The van der Waals surface area contributed by atoms with Gasteiger partial charge in [0, 0.05) is 41.4 Å². The lowest BCUT2D eigenvalue weighted by atomic mass is 10.0. The van der Waals surface area contributed by atoms with Gasteiger partial charge in [-0.15, -0.1) is 0 Å². The number of fused-ring (bicyclic) bond motifs is 1. The number of aliphatic carboxylic acids is 3. The van der Waals surface area contributed by atoms with E-state index >= 15 is 0 Å². The maximum Gasteiger partial charge on any atom is 0.328 e. The number of aliphatic hydroxyl groups is 1. The molecule has 7 atom stereocenters. The van der Waals surface area contributed by atoms with Crippen LogP contribution in [-0.2, 0) is 49.6 Å². The van der Waals surface area contributed by atoms with Crippen molar-refractivity contribution < 1.29 is 63.6 Å². The third kappa shape index (κ3) is 16.4. The van der Waals surface area contributed by atoms with Crippen molar-refractivity contribution in [1.29, 1.82) is 0 Å². The number of amides is 6. The van der Waals surface area contributed by atoms with E-state index in [-0.39, 0.29) is 43.7 Å². The zero-order valence-electron chi connectivity index (χ0n) is 31.7. The number of H-pyrrole nitrogens is 1. The number of hydrogen-bond acceptors (Lipinski definition) is 14. The molecule has 0 aliphatic rings. The number of carbonyl (C=O) groups excluding carboxylic acids is 6. The van der Waals surface area contributed by atoms with E-state index in [0.29, 0.717) is 22.9 Å². The zero-order chi connectivity index (χ0) is 44.2. The number of benzene rings is 1. The van der Waals surface area contributed by atoms with E-state index in [1.54, 1.807) is 30.5 Å². The first-order valence-corrected chi connectivity index (χ1v) is 19.5. The highest BCUT2D eigenvalue weighted by Gasteiger charge is 2.34. The molecule has 1 heterocycles. The van der Waals surface area contributed by atoms with Crippen molar-refractivity contribution in [1.82, 2.24) is 36.9 Å². The molecule has 1 aromatic carbocycles. The fourth-order valence-corrected chi connectivity index (χ4v) is 6.01. The number of nitrogens with one attached hydrogen (secondary N) is 7. The lowest BCUT2D eigenvalue weighted by molar-refractivity contribution is -0.143. The van der Waals surface area contributed by atoms with Crippen molar-refractivity contribution in [3.8, 4) is 0 Å². The van der Waals surface area contributed by atoms with Gasteiger partial charge >= 0.3 is 17.9 Å². The maximum absolute atomic E-state index is 14.0. The van der Waals surface area contributed by atoms with Crippen LogP contribution in [0.5, 0.6) is 0 Å². The van der Waals surface area contributed by atoms with Gasteiger partial charge in [0.2, 0.25) is 35.4 Å². The normalized spacial score (nSPS) is 14.6. The van der Waals surface area contributed by atoms with Gasteiger partial charge in [-0.3, -0.25) is 38.4 Å². The molecule has 2 rings (SSSR count). The first-order valence-electron chi connectivity index (χ1n) is 18.3. The highest BCUT2D eigenvalue weighted by atomic mass is 32.1. The van der Waals surface area contributed by atoms with Gasteiger partial charge < -0.3 is 68.8 Å². The minimum atomic E-state index is -1.81. The van der Waals surface area contributed by atoms with E-state index < -0.39 is 115 Å². The van der Waals surface area contributed by atoms with Crippen LogP contribution in [0.3, 0.4) is 0 Å². The van der Waals surface area contributed by atoms with Crippen LogP contribution in [-0.4, -0.2) is 146 Å². The lowest BCUT2D eigenvalue weighted by Crippen LogP contribution is -2.60. The van der Waals surface area contributed by atoms with E-state index in [4.69, 9.17) is 16.6 Å². The molecule has 0 unspecified atom stereocenters. The molecule has 0 aliphatic heterocycles. The molecular weight excluding hydrogens is 819 g/mol. The highest BCUT2D eigenvalue weighted by molar-refractivity contribution is 7.80. The second kappa shape index (κ2) is 25.1. The quantitative estimate of drug-likeness (QED) is 0.0304. The number of aliphatic hydroxyl groups excluding tert-OH is 1. The topological polar surface area (TPSA) is 375 Å². The van der Waals surface area contributed by atoms with Gasteiger partial charge in [0.15, 0.2) is 0 Å². The largest absolute Gasteiger partial charge is 0.481 e. The van der Waals surface area contributed by atoms with Crippen LogP contribution >= 0.6 is 25.3 Å². The second-order valence-corrected chi connectivity index (χ2v) is 14.0. The van der Waals surface area contributed by atoms with Gasteiger partial charge in [0.1, 0.15) is 36.3 Å². The summed E-state index contributed by atoms with van der Waals surface area (Å²) >= 11 is 8.13. The van der Waals surface area contributed by atoms with Crippen LogP contribution in [0.25, 0.3) is 10.9 Å². The molecule has 0 bridgehead atoms. The molecule has 0 aliphatic carbocycles. The second-order valence-electron chi connectivity index (χ2n) is 13.2. The third-order valence-electron chi connectivity index (χ3n) is 8.76. The maximum atomic E-state index is 14.0. The summed E-state index contributed by atoms with van der Waals surface area (Å²) in [5.41, 5.74) is 12.6. The summed E-state index contributed by atoms with van der Waals surface area (Å²) in [6, 6.07) is -3.54. The molecular formula is C35H51N9O13S2. The summed E-state index contributed by atoms with van der Waals surface area (Å²) in [4.78, 5) is 117. The van der Waals surface area contributed by atoms with Gasteiger partial charge in [-0.25, -0.2) is 4.79 Å². The average molecular weight is 870 g/mol. The van der Waals surface area contributed by atoms with Crippen molar-refractivity contribution in [2.24, 2.45) is 11.5 Å². The van der Waals surface area contributed by atoms with E-state index in [0.717, 1.165) is 0 Å². The molecule has 0 saturated heterocycles. The number of carboxylic acids is 3. The van der Waals surface area contributed by atoms with Crippen molar-refractivity contribution in [2.45, 2.75) is 87.2 Å². The smallest absolute Gasteiger partial charge is 0.328 e. The van der Waals surface area contributed by atoms with Crippen LogP contribution in [0, 0.1) is 0 Å². The number of aromatic amines is 1. The first-order chi connectivity index (χ1) is 27.9. The number of carbonyl (C=O) groups is 9. The highest BCUT2D eigenvalue weighted by Crippen LogP contribution is 2.19. The molecule has 22 nitrogen and oxygen atoms in total. The molecule has 59 heavy (non-hydrogen) atoms. The number of aromatic nitrogens is 1. The standard InChI is InChI=1S/C35H51N9O13S2/c36-10-4-3-7-21(39-32(53)23(12-28(48)49)41-33(54)25(15-58)43-29(50)19(37)8-9-27(46)47)30(51)40-22(11-17-13-38-20-6-2-1-5-18(17)20)31(52)44-26(16-59)34(55)42-24(14-45)35(56)57/h1-2,5-6,13,19,21-26,38,45,58-59H,3-4,7-12,14-16,36-37H2,(H,39,53)(H,40,51)(H,41,54)(H,42,55)(H,43,50)(H,44,52)(H,46,47)(H,48,49)(H,56,57)/t19-,21-,22-,23-,24-,25-,26-/m0/s1. The molecule has 6 amide bonds. The van der Waals surface area contributed by atoms with Gasteiger partial charge in [-0.05, 0) is 43.9 Å². The minimum absolute atomic E-state index is 0.0765. The molecule has 326 valence electrons. The van der Waals surface area contributed by atoms with Crippen LogP contribution in [0.1, 0.15) is 44.1 Å². The Morgan fingerprint density at radius 3 is 1.71 bits per heavy atom. The number of thiol groups is 2. The molecule has 0 spiro atoms. The summed E-state index contributed by atoms with van der Waals surface area (Å²) in [6.07, 6.45) is 0.331. The van der Waals surface area contributed by atoms with Gasteiger partial charge in [-0.1, -0.05) is 18.2 Å². The van der Waals surface area contributed by atoms with Crippen molar-refractivity contribution >= 4 is 89.5 Å². The average Bonchev–Trinajstić information content (AvgIpc) is 3.60. The minimum Gasteiger partial charge on any atom is -0.481 e. The Hall–Kier alpha value is -5.43. The summed E-state index contributed by atoms with van der Waals surface area (Å²) in [5, 5.41) is 51.8. The SMILES string of the molecule is NCCCC[C@H](NC(=O)[C@H](CC(=O)O)NC(=O)[C@H](CS)NC(=O)[C@@H](N)CCC(=O)O)C(=O)N[C@@H](Cc1c[nH]c2ccccc12)C(=O)N[C@@H](CS)C(=O)N[C@@H](CO)C(=O)O. The van der Waals surface area contributed by atoms with Gasteiger partial charge in [-0.2, -0.15) is 25.3 Å². The van der Waals surface area contributed by atoms with E-state index in [2.05, 4.69) is 62.1 Å². The predicted molar refractivity (Wildman–Crippen MR) is 216 cm³/mol. The Morgan fingerprint density at radius 2 is 1.15 bits per heavy atom. The van der Waals surface area contributed by atoms with Crippen molar-refractivity contribution in [3.63, 3.8) is 0 Å². The molecule has 15 N–H and O–H groups in total. The van der Waals surface area contributed by atoms with E-state index in [9.17, 15) is 58.5 Å². The Bertz CT molecular complexity index is 1810. The fourth-order valence-electron chi connectivity index (χ4n) is 5.50. The molecule has 0 saturated carbocycles. The molecule has 0 radical (unpaired) electrons. The van der Waals surface area contributed by atoms with Crippen LogP contribution in [0.4, 0.5) is 0 Å². The molecule has 0 fully saturated rings. The zero-order valence-corrected chi connectivity index (χ0v) is 33.5. The number of hydrogen-bond donors (Lipinski definition) is 15. The number of unbranched alkanes of at least 4 members (excludes halogenated alkanes) is 1. The summed E-state index contributed by atoms with van der Waals surface area (Å²) < 4.78 is 0. The predicted octanol–water partition coefficient (Wildman–Crippen LogP) is -3.65. The number of nitrogens with two attached hydrogens (primary N) is 2. The van der Waals surface area contributed by atoms with Crippen LogP contribution in [0.15, 0.2) is 30.5 Å². The first kappa shape index (κ1) is 49.7. The van der Waals surface area contributed by atoms with Crippen molar-refractivity contribution in [2.75, 3.05) is 24.7 Å².